The van der Waals surface area contributed by atoms with E-state index >= 15 is 0 Å². The van der Waals surface area contributed by atoms with Gasteiger partial charge in [0, 0.05) is 24.6 Å². The van der Waals surface area contributed by atoms with Crippen LogP contribution in [0.15, 0.2) is 23.1 Å². The van der Waals surface area contributed by atoms with Gasteiger partial charge < -0.3 is 19.9 Å². The molecule has 1 saturated heterocycles. The van der Waals surface area contributed by atoms with Crippen LogP contribution in [0.4, 0.5) is 0 Å². The third-order valence-corrected chi connectivity index (χ3v) is 5.57. The lowest BCUT2D eigenvalue weighted by atomic mass is 9.98. The first-order valence-electron chi connectivity index (χ1n) is 7.95. The summed E-state index contributed by atoms with van der Waals surface area (Å²) in [7, 11) is -2.59. The van der Waals surface area contributed by atoms with Crippen LogP contribution >= 0.6 is 0 Å². The van der Waals surface area contributed by atoms with E-state index in [9.17, 15) is 23.1 Å². The summed E-state index contributed by atoms with van der Waals surface area (Å²) in [6.07, 6.45) is 0.129. The molecule has 1 atom stereocenters. The Balaban J connectivity index is 2.37. The number of hydrogen-bond acceptors (Lipinski definition) is 6. The van der Waals surface area contributed by atoms with Crippen molar-refractivity contribution in [2.24, 2.45) is 0 Å². The zero-order valence-corrected chi connectivity index (χ0v) is 15.6. The molecule has 0 aliphatic carbocycles. The van der Waals surface area contributed by atoms with Gasteiger partial charge in [-0.15, -0.1) is 0 Å². The Morgan fingerprint density at radius 2 is 2.04 bits per heavy atom. The Hall–Kier alpha value is -2.17. The molecular formula is C16H22N2O7S. The molecule has 10 heteroatoms. The summed E-state index contributed by atoms with van der Waals surface area (Å²) in [6.45, 7) is 3.39. The first kappa shape index (κ1) is 20.1. The van der Waals surface area contributed by atoms with Gasteiger partial charge in [-0.25, -0.2) is 17.9 Å². The lowest BCUT2D eigenvalue weighted by Gasteiger charge is -2.24. The highest BCUT2D eigenvalue weighted by Gasteiger charge is 2.44. The monoisotopic (exact) mass is 386 g/mol. The quantitative estimate of drug-likeness (QED) is 0.616. The second-order valence-corrected chi connectivity index (χ2v) is 7.97. The maximum atomic E-state index is 12.5. The molecule has 1 heterocycles. The fraction of sp³-hybridized carbons (Fsp3) is 0.500. The number of methoxy groups -OCH3 is 1. The van der Waals surface area contributed by atoms with Crippen molar-refractivity contribution in [3.63, 3.8) is 0 Å². The van der Waals surface area contributed by atoms with Gasteiger partial charge in [-0.1, -0.05) is 0 Å². The number of carboxylic acids is 1. The topological polar surface area (TPSA) is 131 Å². The second-order valence-electron chi connectivity index (χ2n) is 6.29. The summed E-state index contributed by atoms with van der Waals surface area (Å²) >= 11 is 0. The minimum absolute atomic E-state index is 0.00227. The van der Waals surface area contributed by atoms with Gasteiger partial charge in [-0.2, -0.15) is 0 Å². The molecule has 1 aliphatic heterocycles. The Bertz CT molecular complexity index is 799. The molecule has 0 bridgehead atoms. The summed E-state index contributed by atoms with van der Waals surface area (Å²) in [4.78, 5) is 23.8. The van der Waals surface area contributed by atoms with Crippen LogP contribution in [-0.2, 0) is 19.6 Å². The fourth-order valence-corrected chi connectivity index (χ4v) is 4.02. The summed E-state index contributed by atoms with van der Waals surface area (Å²) in [5.41, 5.74) is -1.52. The number of ether oxygens (including phenoxy) is 2. The van der Waals surface area contributed by atoms with E-state index in [1.165, 1.54) is 19.2 Å². The molecule has 26 heavy (non-hydrogen) atoms. The fourth-order valence-electron chi connectivity index (χ4n) is 2.58. The average Bonchev–Trinajstić information content (AvgIpc) is 3.03. The SMILES string of the molecule is COc1ccc(C(=O)NC2(C(=O)O)CCOC2)cc1S(=O)(=O)NC(C)C. The van der Waals surface area contributed by atoms with Crippen molar-refractivity contribution in [3.8, 4) is 5.75 Å². The van der Waals surface area contributed by atoms with Crippen molar-refractivity contribution in [3.05, 3.63) is 23.8 Å². The Kier molecular flexibility index (Phi) is 5.89. The largest absolute Gasteiger partial charge is 0.495 e. The third kappa shape index (κ3) is 4.14. The van der Waals surface area contributed by atoms with Crippen molar-refractivity contribution in [1.29, 1.82) is 0 Å². The Morgan fingerprint density at radius 3 is 2.54 bits per heavy atom. The number of carbonyl (C=O) groups excluding carboxylic acids is 1. The molecule has 0 spiro atoms. The summed E-state index contributed by atoms with van der Waals surface area (Å²) in [5.74, 6) is -1.83. The van der Waals surface area contributed by atoms with Gasteiger partial charge in [-0.05, 0) is 32.0 Å². The van der Waals surface area contributed by atoms with Crippen LogP contribution in [0.25, 0.3) is 0 Å². The summed E-state index contributed by atoms with van der Waals surface area (Å²) in [5, 5.41) is 11.8. The van der Waals surface area contributed by atoms with E-state index < -0.39 is 27.4 Å². The van der Waals surface area contributed by atoms with E-state index in [0.29, 0.717) is 0 Å². The van der Waals surface area contributed by atoms with E-state index in [1.54, 1.807) is 13.8 Å². The van der Waals surface area contributed by atoms with Crippen LogP contribution in [0.5, 0.6) is 5.75 Å². The zero-order valence-electron chi connectivity index (χ0n) is 14.7. The first-order chi connectivity index (χ1) is 12.1. The second kappa shape index (κ2) is 7.60. The van der Waals surface area contributed by atoms with Crippen molar-refractivity contribution in [2.75, 3.05) is 20.3 Å². The predicted octanol–water partition coefficient (Wildman–Crippen LogP) is 0.355. The number of hydrogen-bond donors (Lipinski definition) is 3. The average molecular weight is 386 g/mol. The molecule has 9 nitrogen and oxygen atoms in total. The molecule has 1 fully saturated rings. The van der Waals surface area contributed by atoms with Gasteiger partial charge in [0.15, 0.2) is 5.54 Å². The van der Waals surface area contributed by atoms with E-state index in [0.717, 1.165) is 6.07 Å². The molecular weight excluding hydrogens is 364 g/mol. The van der Waals surface area contributed by atoms with Crippen LogP contribution in [-0.4, -0.2) is 57.3 Å². The molecule has 2 rings (SSSR count). The number of benzene rings is 1. The molecule has 144 valence electrons. The molecule has 1 amide bonds. The van der Waals surface area contributed by atoms with E-state index in [2.05, 4.69) is 10.0 Å². The molecule has 0 radical (unpaired) electrons. The first-order valence-corrected chi connectivity index (χ1v) is 9.43. The molecule has 1 unspecified atom stereocenters. The summed E-state index contributed by atoms with van der Waals surface area (Å²) < 4.78 is 37.5. The number of carboxylic acid groups (broad SMARTS) is 1. The van der Waals surface area contributed by atoms with Crippen molar-refractivity contribution in [1.82, 2.24) is 10.0 Å². The minimum Gasteiger partial charge on any atom is -0.495 e. The van der Waals surface area contributed by atoms with Crippen molar-refractivity contribution >= 4 is 21.9 Å². The van der Waals surface area contributed by atoms with Crippen LogP contribution < -0.4 is 14.8 Å². The van der Waals surface area contributed by atoms with Crippen molar-refractivity contribution in [2.45, 2.75) is 36.7 Å². The standard InChI is InChI=1S/C16H22N2O7S/c1-10(2)18-26(22,23)13-8-11(4-5-12(13)24-3)14(19)17-16(15(20)21)6-7-25-9-16/h4-5,8,10,18H,6-7,9H2,1-3H3,(H,17,19)(H,20,21). The predicted molar refractivity (Wildman–Crippen MR) is 91.7 cm³/mol. The van der Waals surface area contributed by atoms with Gasteiger partial charge in [0.25, 0.3) is 5.91 Å². The van der Waals surface area contributed by atoms with E-state index in [4.69, 9.17) is 9.47 Å². The minimum atomic E-state index is -3.91. The van der Waals surface area contributed by atoms with Gasteiger partial charge in [0.2, 0.25) is 10.0 Å². The number of nitrogens with one attached hydrogen (secondary N) is 2. The Labute approximate surface area is 151 Å². The molecule has 0 saturated carbocycles. The van der Waals surface area contributed by atoms with E-state index in [1.807, 2.05) is 0 Å². The lowest BCUT2D eigenvalue weighted by molar-refractivity contribution is -0.144. The normalized spacial score (nSPS) is 20.2. The highest BCUT2D eigenvalue weighted by Crippen LogP contribution is 2.26. The molecule has 1 aromatic rings. The van der Waals surface area contributed by atoms with Crippen LogP contribution in [0, 0.1) is 0 Å². The maximum Gasteiger partial charge on any atom is 0.331 e. The lowest BCUT2D eigenvalue weighted by Crippen LogP contribution is -2.55. The number of amides is 1. The number of sulfonamides is 1. The van der Waals surface area contributed by atoms with Gasteiger partial charge in [-0.3, -0.25) is 4.79 Å². The van der Waals surface area contributed by atoms with Crippen molar-refractivity contribution < 1.29 is 32.6 Å². The molecule has 1 aliphatic rings. The maximum absolute atomic E-state index is 12.5. The Morgan fingerprint density at radius 1 is 1.35 bits per heavy atom. The van der Waals surface area contributed by atoms with Gasteiger partial charge >= 0.3 is 5.97 Å². The number of rotatable bonds is 7. The smallest absolute Gasteiger partial charge is 0.331 e. The zero-order chi connectivity index (χ0) is 19.5. The van der Waals surface area contributed by atoms with Gasteiger partial charge in [0.1, 0.15) is 10.6 Å². The van der Waals surface area contributed by atoms with Crippen LogP contribution in [0.1, 0.15) is 30.6 Å². The molecule has 3 N–H and O–H groups in total. The third-order valence-electron chi connectivity index (χ3n) is 3.89. The number of carbonyl (C=O) groups is 2. The van der Waals surface area contributed by atoms with Gasteiger partial charge in [0.05, 0.1) is 13.7 Å². The highest BCUT2D eigenvalue weighted by molar-refractivity contribution is 7.89. The van der Waals surface area contributed by atoms with Crippen LogP contribution in [0.3, 0.4) is 0 Å². The van der Waals surface area contributed by atoms with E-state index in [-0.39, 0.29) is 41.9 Å². The van der Waals surface area contributed by atoms with Crippen LogP contribution in [0.2, 0.25) is 0 Å². The molecule has 1 aromatic carbocycles. The summed E-state index contributed by atoms with van der Waals surface area (Å²) in [6, 6.07) is 3.52. The highest BCUT2D eigenvalue weighted by atomic mass is 32.2. The molecule has 0 aromatic heterocycles. The number of aliphatic carboxylic acids is 1.